The van der Waals surface area contributed by atoms with Gasteiger partial charge in [0.1, 0.15) is 0 Å². The van der Waals surface area contributed by atoms with Crippen LogP contribution < -0.4 is 10.6 Å². The molecular weight excluding hydrogens is 285 g/mol. The quantitative estimate of drug-likeness (QED) is 0.822. The molecule has 0 aliphatic carbocycles. The Bertz CT molecular complexity index is 539. The summed E-state index contributed by atoms with van der Waals surface area (Å²) >= 11 is 0. The second-order valence-electron chi connectivity index (χ2n) is 4.14. The summed E-state index contributed by atoms with van der Waals surface area (Å²) in [6.07, 6.45) is -1.24. The van der Waals surface area contributed by atoms with Crippen molar-refractivity contribution in [3.05, 3.63) is 42.0 Å². The summed E-state index contributed by atoms with van der Waals surface area (Å²) in [4.78, 5) is 22.3. The van der Waals surface area contributed by atoms with Crippen molar-refractivity contribution < 1.29 is 22.8 Å². The average molecular weight is 300 g/mol. The number of hydrogen-bond acceptors (Lipinski definition) is 2. The lowest BCUT2D eigenvalue weighted by Crippen LogP contribution is -2.36. The number of amides is 2. The van der Waals surface area contributed by atoms with Gasteiger partial charge in [-0.25, -0.2) is 0 Å². The van der Waals surface area contributed by atoms with Gasteiger partial charge in [-0.05, 0) is 24.1 Å². The van der Waals surface area contributed by atoms with Gasteiger partial charge in [-0.15, -0.1) is 0 Å². The van der Waals surface area contributed by atoms with Crippen molar-refractivity contribution in [2.24, 2.45) is 0 Å². The zero-order chi connectivity index (χ0) is 15.9. The van der Waals surface area contributed by atoms with Gasteiger partial charge >= 0.3 is 12.1 Å². The van der Waals surface area contributed by atoms with Crippen LogP contribution in [0.3, 0.4) is 0 Å². The van der Waals surface area contributed by atoms with Gasteiger partial charge in [0.05, 0.1) is 0 Å². The highest BCUT2D eigenvalue weighted by Gasteiger charge is 2.38. The second-order valence-corrected chi connectivity index (χ2v) is 4.14. The molecule has 4 nitrogen and oxygen atoms in total. The Morgan fingerprint density at radius 3 is 2.52 bits per heavy atom. The van der Waals surface area contributed by atoms with Crippen molar-refractivity contribution in [3.8, 4) is 0 Å². The third-order valence-electron chi connectivity index (χ3n) is 2.48. The molecule has 2 N–H and O–H groups in total. The van der Waals surface area contributed by atoms with Crippen LogP contribution in [0.4, 0.5) is 18.9 Å². The molecule has 0 unspecified atom stereocenters. The first-order valence-electron chi connectivity index (χ1n) is 6.25. The van der Waals surface area contributed by atoms with Crippen molar-refractivity contribution in [3.63, 3.8) is 0 Å². The number of rotatable bonds is 5. The van der Waals surface area contributed by atoms with Crippen molar-refractivity contribution in [2.45, 2.75) is 26.1 Å². The summed E-state index contributed by atoms with van der Waals surface area (Å²) in [6.45, 7) is 1.54. The van der Waals surface area contributed by atoms with Gasteiger partial charge in [-0.1, -0.05) is 31.2 Å². The van der Waals surface area contributed by atoms with E-state index in [2.05, 4.69) is 5.32 Å². The normalized spacial score (nSPS) is 11.4. The van der Waals surface area contributed by atoms with E-state index < -0.39 is 12.1 Å². The minimum Gasteiger partial charge on any atom is -0.344 e. The van der Waals surface area contributed by atoms with E-state index in [1.807, 2.05) is 6.92 Å². The topological polar surface area (TPSA) is 58.2 Å². The van der Waals surface area contributed by atoms with Crippen LogP contribution in [0, 0.1) is 0 Å². The Kier molecular flexibility index (Phi) is 5.95. The number of benzene rings is 1. The number of para-hydroxylation sites is 1. The van der Waals surface area contributed by atoms with Crippen LogP contribution in [0.1, 0.15) is 18.9 Å². The Labute approximate surface area is 120 Å². The second kappa shape index (κ2) is 7.47. The van der Waals surface area contributed by atoms with Crippen LogP contribution in [-0.2, 0) is 16.1 Å². The van der Waals surface area contributed by atoms with E-state index in [4.69, 9.17) is 0 Å². The monoisotopic (exact) mass is 300 g/mol. The number of hydrogen-bond donors (Lipinski definition) is 2. The van der Waals surface area contributed by atoms with Crippen molar-refractivity contribution in [1.29, 1.82) is 0 Å². The van der Waals surface area contributed by atoms with Crippen LogP contribution in [0.15, 0.2) is 36.4 Å². The molecule has 0 aliphatic heterocycles. The predicted molar refractivity (Wildman–Crippen MR) is 72.4 cm³/mol. The molecule has 0 saturated carbocycles. The first-order valence-corrected chi connectivity index (χ1v) is 6.25. The molecule has 1 rings (SSSR count). The van der Waals surface area contributed by atoms with Crippen molar-refractivity contribution in [1.82, 2.24) is 5.32 Å². The van der Waals surface area contributed by atoms with Gasteiger partial charge in [-0.3, -0.25) is 9.59 Å². The minimum absolute atomic E-state index is 0.327. The number of allylic oxidation sites excluding steroid dienone is 1. The maximum absolute atomic E-state index is 12.1. The maximum Gasteiger partial charge on any atom is 0.471 e. The first-order chi connectivity index (χ1) is 9.84. The summed E-state index contributed by atoms with van der Waals surface area (Å²) in [5.41, 5.74) is 0.735. The van der Waals surface area contributed by atoms with E-state index in [0.29, 0.717) is 17.7 Å². The van der Waals surface area contributed by atoms with E-state index in [9.17, 15) is 22.8 Å². The molecule has 0 radical (unpaired) electrons. The zero-order valence-electron chi connectivity index (χ0n) is 11.3. The number of carbonyl (C=O) groups excluding carboxylic acids is 2. The summed E-state index contributed by atoms with van der Waals surface area (Å²) in [5, 5.41) is 4.31. The third kappa shape index (κ3) is 5.68. The first kappa shape index (κ1) is 16.7. The van der Waals surface area contributed by atoms with E-state index in [1.54, 1.807) is 29.6 Å². The molecule has 0 fully saturated rings. The van der Waals surface area contributed by atoms with Crippen LogP contribution in [0.5, 0.6) is 0 Å². The Hall–Kier alpha value is -2.31. The molecule has 1 aromatic rings. The SMILES string of the molecule is CC/C=C/C(=O)Nc1ccccc1CNC(=O)C(F)(F)F. The Balaban J connectivity index is 2.74. The smallest absolute Gasteiger partial charge is 0.344 e. The van der Waals surface area contributed by atoms with Crippen LogP contribution in [0.25, 0.3) is 0 Å². The number of anilines is 1. The molecule has 0 bridgehead atoms. The van der Waals surface area contributed by atoms with E-state index in [-0.39, 0.29) is 12.5 Å². The number of nitrogens with one attached hydrogen (secondary N) is 2. The van der Waals surface area contributed by atoms with Crippen LogP contribution >= 0.6 is 0 Å². The molecule has 0 aliphatic rings. The molecule has 0 heterocycles. The lowest BCUT2D eigenvalue weighted by Gasteiger charge is -2.12. The molecule has 0 spiro atoms. The van der Waals surface area contributed by atoms with Gasteiger partial charge in [-0.2, -0.15) is 13.2 Å². The minimum atomic E-state index is -4.93. The van der Waals surface area contributed by atoms with Gasteiger partial charge in [0.2, 0.25) is 5.91 Å². The third-order valence-corrected chi connectivity index (χ3v) is 2.48. The van der Waals surface area contributed by atoms with Crippen LogP contribution in [-0.4, -0.2) is 18.0 Å². The summed E-state index contributed by atoms with van der Waals surface area (Å²) < 4.78 is 36.3. The fourth-order valence-corrected chi connectivity index (χ4v) is 1.47. The standard InChI is InChI=1S/C14H15F3N2O2/c1-2-3-8-12(20)19-11-7-5-4-6-10(11)9-18-13(21)14(15,16)17/h3-8H,2,9H2,1H3,(H,18,21)(H,19,20)/b8-3+. The van der Waals surface area contributed by atoms with Crippen molar-refractivity contribution >= 4 is 17.5 Å². The number of halogens is 3. The highest BCUT2D eigenvalue weighted by atomic mass is 19.4. The van der Waals surface area contributed by atoms with E-state index >= 15 is 0 Å². The molecule has 21 heavy (non-hydrogen) atoms. The maximum atomic E-state index is 12.1. The molecule has 2 amide bonds. The van der Waals surface area contributed by atoms with Crippen LogP contribution in [0.2, 0.25) is 0 Å². The molecule has 0 aromatic heterocycles. The van der Waals surface area contributed by atoms with E-state index in [1.165, 1.54) is 12.1 Å². The summed E-state index contributed by atoms with van der Waals surface area (Å²) in [5.74, 6) is -2.40. The lowest BCUT2D eigenvalue weighted by atomic mass is 10.1. The molecule has 0 atom stereocenters. The van der Waals surface area contributed by atoms with Gasteiger partial charge in [0.25, 0.3) is 0 Å². The fraction of sp³-hybridized carbons (Fsp3) is 0.286. The Morgan fingerprint density at radius 1 is 1.24 bits per heavy atom. The predicted octanol–water partition coefficient (Wildman–Crippen LogP) is 2.77. The number of alkyl halides is 3. The van der Waals surface area contributed by atoms with E-state index in [0.717, 1.165) is 0 Å². The van der Waals surface area contributed by atoms with Gasteiger partial charge in [0, 0.05) is 12.2 Å². The molecule has 7 heteroatoms. The number of carbonyl (C=O) groups is 2. The fourth-order valence-electron chi connectivity index (χ4n) is 1.47. The highest BCUT2D eigenvalue weighted by molar-refractivity contribution is 5.99. The average Bonchev–Trinajstić information content (AvgIpc) is 2.42. The molecule has 1 aromatic carbocycles. The van der Waals surface area contributed by atoms with Gasteiger partial charge < -0.3 is 10.6 Å². The zero-order valence-corrected chi connectivity index (χ0v) is 11.3. The van der Waals surface area contributed by atoms with Crippen molar-refractivity contribution in [2.75, 3.05) is 5.32 Å². The summed E-state index contributed by atoms with van der Waals surface area (Å²) in [7, 11) is 0. The summed E-state index contributed by atoms with van der Waals surface area (Å²) in [6, 6.07) is 6.31. The molecule has 0 saturated heterocycles. The Morgan fingerprint density at radius 2 is 1.90 bits per heavy atom. The lowest BCUT2D eigenvalue weighted by molar-refractivity contribution is -0.173. The molecule has 114 valence electrons. The van der Waals surface area contributed by atoms with Gasteiger partial charge in [0.15, 0.2) is 0 Å². The molecular formula is C14H15F3N2O2. The largest absolute Gasteiger partial charge is 0.471 e. The highest BCUT2D eigenvalue weighted by Crippen LogP contribution is 2.17.